The highest BCUT2D eigenvalue weighted by atomic mass is 32.2. The van der Waals surface area contributed by atoms with Crippen molar-refractivity contribution < 1.29 is 9.59 Å². The summed E-state index contributed by atoms with van der Waals surface area (Å²) in [6.45, 7) is 5.69. The van der Waals surface area contributed by atoms with Gasteiger partial charge in [-0.1, -0.05) is 11.8 Å². The van der Waals surface area contributed by atoms with Crippen LogP contribution in [-0.2, 0) is 29.0 Å². The van der Waals surface area contributed by atoms with E-state index in [0.29, 0.717) is 23.1 Å². The first-order valence-electron chi connectivity index (χ1n) is 10.8. The third-order valence-electron chi connectivity index (χ3n) is 5.48. The van der Waals surface area contributed by atoms with Crippen molar-refractivity contribution in [2.24, 2.45) is 0 Å². The highest BCUT2D eigenvalue weighted by Gasteiger charge is 2.24. The van der Waals surface area contributed by atoms with Crippen LogP contribution in [0.1, 0.15) is 44.1 Å². The first-order chi connectivity index (χ1) is 15.4. The summed E-state index contributed by atoms with van der Waals surface area (Å²) in [5, 5.41) is 6.49. The summed E-state index contributed by atoms with van der Waals surface area (Å²) in [5.41, 5.74) is 2.49. The molecule has 1 aliphatic carbocycles. The van der Waals surface area contributed by atoms with Crippen LogP contribution in [0.15, 0.2) is 34.2 Å². The van der Waals surface area contributed by atoms with Gasteiger partial charge in [0.25, 0.3) is 5.56 Å². The molecule has 32 heavy (non-hydrogen) atoms. The second-order valence-electron chi connectivity index (χ2n) is 7.84. The Labute approximate surface area is 194 Å². The number of fused-ring (bicyclic) bond motifs is 3. The van der Waals surface area contributed by atoms with Gasteiger partial charge in [0, 0.05) is 29.7 Å². The van der Waals surface area contributed by atoms with Gasteiger partial charge in [-0.2, -0.15) is 0 Å². The molecular formula is C23H26N4O3S2. The Morgan fingerprint density at radius 2 is 1.81 bits per heavy atom. The molecule has 7 nitrogen and oxygen atoms in total. The van der Waals surface area contributed by atoms with Crippen LogP contribution in [0.4, 0.5) is 11.4 Å². The number of thiophene rings is 1. The zero-order valence-corrected chi connectivity index (χ0v) is 20.0. The number of thioether (sulfide) groups is 1. The van der Waals surface area contributed by atoms with E-state index in [2.05, 4.69) is 10.6 Å². The summed E-state index contributed by atoms with van der Waals surface area (Å²) < 4.78 is 1.68. The van der Waals surface area contributed by atoms with E-state index in [4.69, 9.17) is 4.98 Å². The first kappa shape index (κ1) is 22.5. The molecular weight excluding hydrogens is 444 g/mol. The van der Waals surface area contributed by atoms with Crippen molar-refractivity contribution in [3.63, 3.8) is 0 Å². The van der Waals surface area contributed by atoms with E-state index in [9.17, 15) is 14.4 Å². The normalized spacial score (nSPS) is 14.1. The van der Waals surface area contributed by atoms with E-state index in [1.54, 1.807) is 40.2 Å². The van der Waals surface area contributed by atoms with Gasteiger partial charge in [0.05, 0.1) is 10.6 Å². The third kappa shape index (κ3) is 4.59. The summed E-state index contributed by atoms with van der Waals surface area (Å²) in [7, 11) is 0. The first-order valence-corrected chi connectivity index (χ1v) is 12.5. The summed E-state index contributed by atoms with van der Waals surface area (Å²) in [6.07, 6.45) is 4.24. The van der Waals surface area contributed by atoms with Crippen molar-refractivity contribution in [1.82, 2.24) is 9.55 Å². The van der Waals surface area contributed by atoms with E-state index in [0.717, 1.165) is 35.9 Å². The molecule has 4 rings (SSSR count). The molecule has 168 valence electrons. The number of carbonyl (C=O) groups excluding carboxylic acids is 2. The molecule has 2 heterocycles. The Bertz CT molecular complexity index is 1230. The molecule has 0 saturated heterocycles. The van der Waals surface area contributed by atoms with Crippen molar-refractivity contribution in [2.45, 2.75) is 63.4 Å². The summed E-state index contributed by atoms with van der Waals surface area (Å²) in [4.78, 5) is 44.0. The van der Waals surface area contributed by atoms with Crippen molar-refractivity contribution in [1.29, 1.82) is 0 Å². The topological polar surface area (TPSA) is 93.1 Å². The predicted octanol–water partition coefficient (Wildman–Crippen LogP) is 4.43. The van der Waals surface area contributed by atoms with Gasteiger partial charge in [-0.25, -0.2) is 4.98 Å². The molecule has 0 spiro atoms. The minimum Gasteiger partial charge on any atom is -0.326 e. The SMILES string of the molecule is CCn1c(SC(C)C(=O)Nc2ccc(NC(C)=O)cc2)nc2sc3c(c2c1=O)CCCC3. The number of hydrogen-bond acceptors (Lipinski definition) is 6. The minimum atomic E-state index is -0.443. The largest absolute Gasteiger partial charge is 0.326 e. The molecule has 0 bridgehead atoms. The van der Waals surface area contributed by atoms with Crippen molar-refractivity contribution in [2.75, 3.05) is 10.6 Å². The highest BCUT2D eigenvalue weighted by molar-refractivity contribution is 8.00. The number of rotatable bonds is 6. The van der Waals surface area contributed by atoms with Crippen LogP contribution in [0.2, 0.25) is 0 Å². The molecule has 2 amide bonds. The molecule has 0 radical (unpaired) electrons. The molecule has 1 atom stereocenters. The number of amides is 2. The monoisotopic (exact) mass is 470 g/mol. The Kier molecular flexibility index (Phi) is 6.66. The van der Waals surface area contributed by atoms with Crippen LogP contribution in [0.5, 0.6) is 0 Å². The standard InChI is InChI=1S/C23H26N4O3S2/c1-4-27-22(30)19-17-7-5-6-8-18(17)32-21(19)26-23(27)31-13(2)20(29)25-16-11-9-15(10-12-16)24-14(3)28/h9-13H,4-8H2,1-3H3,(H,24,28)(H,25,29). The number of carbonyl (C=O) groups is 2. The average molecular weight is 471 g/mol. The summed E-state index contributed by atoms with van der Waals surface area (Å²) >= 11 is 2.92. The molecule has 1 unspecified atom stereocenters. The van der Waals surface area contributed by atoms with Gasteiger partial charge < -0.3 is 10.6 Å². The number of nitrogens with one attached hydrogen (secondary N) is 2. The van der Waals surface area contributed by atoms with Crippen LogP contribution in [-0.4, -0.2) is 26.6 Å². The number of aryl methyl sites for hydroxylation is 2. The molecule has 0 fully saturated rings. The third-order valence-corrected chi connectivity index (χ3v) is 7.76. The van der Waals surface area contributed by atoms with Gasteiger partial charge in [0.15, 0.2) is 5.16 Å². The Morgan fingerprint density at radius 1 is 1.16 bits per heavy atom. The number of benzene rings is 1. The fourth-order valence-corrected chi connectivity index (χ4v) is 6.16. The van der Waals surface area contributed by atoms with Crippen LogP contribution in [0, 0.1) is 0 Å². The maximum absolute atomic E-state index is 13.2. The highest BCUT2D eigenvalue weighted by Crippen LogP contribution is 2.35. The Morgan fingerprint density at radius 3 is 2.47 bits per heavy atom. The van der Waals surface area contributed by atoms with Crippen molar-refractivity contribution in [3.05, 3.63) is 45.1 Å². The van der Waals surface area contributed by atoms with Crippen LogP contribution < -0.4 is 16.2 Å². The fraction of sp³-hybridized carbons (Fsp3) is 0.391. The van der Waals surface area contributed by atoms with Gasteiger partial charge >= 0.3 is 0 Å². The zero-order valence-electron chi connectivity index (χ0n) is 18.4. The Hall–Kier alpha value is -2.65. The van der Waals surface area contributed by atoms with Crippen LogP contribution in [0.3, 0.4) is 0 Å². The molecule has 0 aliphatic heterocycles. The molecule has 1 aromatic carbocycles. The lowest BCUT2D eigenvalue weighted by atomic mass is 9.97. The van der Waals surface area contributed by atoms with Crippen molar-refractivity contribution in [3.8, 4) is 0 Å². The van der Waals surface area contributed by atoms with E-state index >= 15 is 0 Å². The average Bonchev–Trinajstić information content (AvgIpc) is 3.13. The minimum absolute atomic E-state index is 0.000526. The lowest BCUT2D eigenvalue weighted by Gasteiger charge is -2.15. The van der Waals surface area contributed by atoms with Gasteiger partial charge in [-0.15, -0.1) is 11.3 Å². The van der Waals surface area contributed by atoms with E-state index in [-0.39, 0.29) is 17.4 Å². The maximum Gasteiger partial charge on any atom is 0.263 e. The maximum atomic E-state index is 13.2. The number of hydrogen-bond donors (Lipinski definition) is 2. The number of anilines is 2. The quantitative estimate of drug-likeness (QED) is 0.411. The number of aromatic nitrogens is 2. The lowest BCUT2D eigenvalue weighted by molar-refractivity contribution is -0.115. The molecule has 9 heteroatoms. The summed E-state index contributed by atoms with van der Waals surface area (Å²) in [5.74, 6) is -0.324. The Balaban J connectivity index is 1.54. The molecule has 2 aromatic heterocycles. The van der Waals surface area contributed by atoms with Gasteiger partial charge in [0.2, 0.25) is 11.8 Å². The van der Waals surface area contributed by atoms with E-state index in [1.165, 1.54) is 29.1 Å². The van der Waals surface area contributed by atoms with Gasteiger partial charge in [0.1, 0.15) is 4.83 Å². The second-order valence-corrected chi connectivity index (χ2v) is 10.2. The predicted molar refractivity (Wildman–Crippen MR) is 131 cm³/mol. The van der Waals surface area contributed by atoms with E-state index < -0.39 is 5.25 Å². The van der Waals surface area contributed by atoms with Gasteiger partial charge in [-0.05, 0) is 69.4 Å². The van der Waals surface area contributed by atoms with Gasteiger partial charge in [-0.3, -0.25) is 19.0 Å². The smallest absolute Gasteiger partial charge is 0.263 e. The molecule has 2 N–H and O–H groups in total. The number of nitrogens with zero attached hydrogens (tertiary/aromatic N) is 2. The second kappa shape index (κ2) is 9.46. The lowest BCUT2D eigenvalue weighted by Crippen LogP contribution is -2.26. The molecule has 1 aliphatic rings. The van der Waals surface area contributed by atoms with Crippen LogP contribution in [0.25, 0.3) is 10.2 Å². The summed E-state index contributed by atoms with van der Waals surface area (Å²) in [6, 6.07) is 6.95. The van der Waals surface area contributed by atoms with Crippen LogP contribution >= 0.6 is 23.1 Å². The van der Waals surface area contributed by atoms with E-state index in [1.807, 2.05) is 13.8 Å². The fourth-order valence-electron chi connectivity index (χ4n) is 3.88. The molecule has 3 aromatic rings. The van der Waals surface area contributed by atoms with Crippen molar-refractivity contribution >= 4 is 56.5 Å². The zero-order chi connectivity index (χ0) is 22.8. The molecule has 0 saturated carbocycles.